The number of amides is 1. The van der Waals surface area contributed by atoms with E-state index in [9.17, 15) is 14.7 Å². The normalized spacial score (nSPS) is 11.7. The molecule has 1 unspecified atom stereocenters. The Labute approximate surface area is 193 Å². The molecule has 0 aliphatic carbocycles. The van der Waals surface area contributed by atoms with Gasteiger partial charge in [0.15, 0.2) is 0 Å². The van der Waals surface area contributed by atoms with Crippen molar-refractivity contribution in [1.82, 2.24) is 5.32 Å². The number of aromatic carboxylic acids is 1. The number of hydrogen-bond acceptors (Lipinski definition) is 2. The fraction of sp³-hybridized carbons (Fsp3) is 0.103. The predicted octanol–water partition coefficient (Wildman–Crippen LogP) is 5.62. The van der Waals surface area contributed by atoms with Gasteiger partial charge in [-0.25, -0.2) is 4.79 Å². The van der Waals surface area contributed by atoms with Crippen LogP contribution in [-0.2, 0) is 11.2 Å². The van der Waals surface area contributed by atoms with E-state index in [-0.39, 0.29) is 17.5 Å². The van der Waals surface area contributed by atoms with E-state index in [4.69, 9.17) is 0 Å². The van der Waals surface area contributed by atoms with Crippen molar-refractivity contribution in [3.8, 4) is 0 Å². The van der Waals surface area contributed by atoms with Gasteiger partial charge in [0.25, 0.3) is 0 Å². The minimum absolute atomic E-state index is 0.101. The zero-order valence-corrected chi connectivity index (χ0v) is 18.1. The molecule has 1 amide bonds. The summed E-state index contributed by atoms with van der Waals surface area (Å²) in [6.07, 6.45) is 0.593. The van der Waals surface area contributed by atoms with Crippen LogP contribution in [0.3, 0.4) is 0 Å². The highest BCUT2D eigenvalue weighted by atomic mass is 16.4. The number of carbonyl (C=O) groups is 2. The highest BCUT2D eigenvalue weighted by Gasteiger charge is 2.25. The van der Waals surface area contributed by atoms with Crippen LogP contribution < -0.4 is 5.32 Å². The summed E-state index contributed by atoms with van der Waals surface area (Å²) in [4.78, 5) is 25.0. The molecule has 0 spiro atoms. The van der Waals surface area contributed by atoms with E-state index in [1.807, 2.05) is 91.0 Å². The number of hydrogen-bond donors (Lipinski definition) is 2. The van der Waals surface area contributed by atoms with Crippen LogP contribution in [0.5, 0.6) is 0 Å². The highest BCUT2D eigenvalue weighted by Crippen LogP contribution is 2.27. The summed E-state index contributed by atoms with van der Waals surface area (Å²) in [5.74, 6) is -1.53. The van der Waals surface area contributed by atoms with Crippen molar-refractivity contribution < 1.29 is 14.7 Å². The maximum absolute atomic E-state index is 13.7. The molecule has 0 aromatic heterocycles. The molecule has 2 N–H and O–H groups in total. The topological polar surface area (TPSA) is 66.4 Å². The van der Waals surface area contributed by atoms with Gasteiger partial charge in [-0.1, -0.05) is 103 Å². The Balaban J connectivity index is 1.67. The Morgan fingerprint density at radius 2 is 1.12 bits per heavy atom. The quantitative estimate of drug-likeness (QED) is 0.378. The Hall–Kier alpha value is -4.18. The second kappa shape index (κ2) is 10.4. The van der Waals surface area contributed by atoms with Gasteiger partial charge in [-0.15, -0.1) is 0 Å². The maximum Gasteiger partial charge on any atom is 0.335 e. The monoisotopic (exact) mass is 435 g/mol. The first kappa shape index (κ1) is 22.0. The van der Waals surface area contributed by atoms with Gasteiger partial charge in [0, 0.05) is 0 Å². The van der Waals surface area contributed by atoms with E-state index < -0.39 is 11.9 Å². The maximum atomic E-state index is 13.7. The van der Waals surface area contributed by atoms with Crippen molar-refractivity contribution in [2.24, 2.45) is 0 Å². The number of carboxylic acid groups (broad SMARTS) is 1. The summed E-state index contributed by atoms with van der Waals surface area (Å²) < 4.78 is 0. The molecular weight excluding hydrogens is 410 g/mol. The second-order valence-electron chi connectivity index (χ2n) is 7.93. The van der Waals surface area contributed by atoms with E-state index in [0.29, 0.717) is 6.42 Å². The molecule has 0 radical (unpaired) electrons. The molecule has 33 heavy (non-hydrogen) atoms. The largest absolute Gasteiger partial charge is 0.478 e. The third-order valence-electron chi connectivity index (χ3n) is 5.69. The van der Waals surface area contributed by atoms with Crippen LogP contribution in [0.4, 0.5) is 0 Å². The molecule has 0 saturated carbocycles. The third kappa shape index (κ3) is 5.55. The Kier molecular flexibility index (Phi) is 6.96. The van der Waals surface area contributed by atoms with Gasteiger partial charge in [-0.2, -0.15) is 0 Å². The molecule has 0 bridgehead atoms. The molecule has 1 atom stereocenters. The first-order valence-electron chi connectivity index (χ1n) is 10.9. The Morgan fingerprint density at radius 3 is 1.61 bits per heavy atom. The van der Waals surface area contributed by atoms with Gasteiger partial charge >= 0.3 is 5.97 Å². The number of carboxylic acids is 1. The number of carbonyl (C=O) groups excluding carboxylic acids is 1. The van der Waals surface area contributed by atoms with E-state index in [0.717, 1.165) is 22.3 Å². The van der Waals surface area contributed by atoms with Crippen molar-refractivity contribution in [3.63, 3.8) is 0 Å². The van der Waals surface area contributed by atoms with E-state index in [1.54, 1.807) is 24.3 Å². The SMILES string of the molecule is O=C(O)c1ccc(C(Cc2ccccc2)NC(=O)C(c2ccccc2)c2ccccc2)cc1. The minimum Gasteiger partial charge on any atom is -0.478 e. The van der Waals surface area contributed by atoms with E-state index in [2.05, 4.69) is 5.32 Å². The van der Waals surface area contributed by atoms with E-state index >= 15 is 0 Å². The van der Waals surface area contributed by atoms with Crippen molar-refractivity contribution in [2.45, 2.75) is 18.4 Å². The highest BCUT2D eigenvalue weighted by molar-refractivity contribution is 5.88. The number of rotatable bonds is 8. The van der Waals surface area contributed by atoms with Gasteiger partial charge < -0.3 is 10.4 Å². The third-order valence-corrected chi connectivity index (χ3v) is 5.69. The molecule has 4 heteroatoms. The average molecular weight is 436 g/mol. The molecular formula is C29H25NO3. The van der Waals surface area contributed by atoms with Gasteiger partial charge in [0.1, 0.15) is 0 Å². The lowest BCUT2D eigenvalue weighted by Crippen LogP contribution is -2.34. The number of nitrogens with one attached hydrogen (secondary N) is 1. The summed E-state index contributed by atoms with van der Waals surface area (Å²) >= 11 is 0. The van der Waals surface area contributed by atoms with E-state index in [1.165, 1.54) is 0 Å². The van der Waals surface area contributed by atoms with Gasteiger partial charge in [-0.3, -0.25) is 4.79 Å². The van der Waals surface area contributed by atoms with Crippen LogP contribution in [0.2, 0.25) is 0 Å². The summed E-state index contributed by atoms with van der Waals surface area (Å²) in [6.45, 7) is 0. The van der Waals surface area contributed by atoms with Gasteiger partial charge in [-0.05, 0) is 40.8 Å². The molecule has 4 nitrogen and oxygen atoms in total. The summed E-state index contributed by atoms with van der Waals surface area (Å²) in [7, 11) is 0. The minimum atomic E-state index is -0.974. The van der Waals surface area contributed by atoms with Crippen LogP contribution in [0, 0.1) is 0 Å². The average Bonchev–Trinajstić information content (AvgIpc) is 2.86. The standard InChI is InChI=1S/C29H25NO3/c31-28(27(23-12-6-2-7-13-23)24-14-8-3-9-15-24)30-26(20-21-10-4-1-5-11-21)22-16-18-25(19-17-22)29(32)33/h1-19,26-27H,20H2,(H,30,31)(H,32,33). The Morgan fingerprint density at radius 1 is 0.636 bits per heavy atom. The van der Waals surface area contributed by atoms with Crippen molar-refractivity contribution in [2.75, 3.05) is 0 Å². The molecule has 0 heterocycles. The van der Waals surface area contributed by atoms with Crippen LogP contribution in [0.15, 0.2) is 115 Å². The molecule has 0 aliphatic heterocycles. The first-order chi connectivity index (χ1) is 16.1. The lowest BCUT2D eigenvalue weighted by atomic mass is 9.89. The zero-order chi connectivity index (χ0) is 23.0. The Bertz CT molecular complexity index is 1150. The first-order valence-corrected chi connectivity index (χ1v) is 10.9. The number of benzene rings is 4. The summed E-state index contributed by atoms with van der Waals surface area (Å²) in [6, 6.07) is 35.8. The zero-order valence-electron chi connectivity index (χ0n) is 18.1. The molecule has 0 aliphatic rings. The molecule has 4 rings (SSSR count). The van der Waals surface area contributed by atoms with Crippen LogP contribution >= 0.6 is 0 Å². The van der Waals surface area contributed by atoms with Crippen LogP contribution in [-0.4, -0.2) is 17.0 Å². The smallest absolute Gasteiger partial charge is 0.335 e. The molecule has 0 saturated heterocycles. The molecule has 0 fully saturated rings. The summed E-state index contributed by atoms with van der Waals surface area (Å²) in [5, 5.41) is 12.5. The lowest BCUT2D eigenvalue weighted by Gasteiger charge is -2.24. The second-order valence-corrected chi connectivity index (χ2v) is 7.93. The van der Waals surface area contributed by atoms with Crippen molar-refractivity contribution in [1.29, 1.82) is 0 Å². The molecule has 4 aromatic carbocycles. The summed E-state index contributed by atoms with van der Waals surface area (Å²) in [5.41, 5.74) is 4.00. The lowest BCUT2D eigenvalue weighted by molar-refractivity contribution is -0.122. The van der Waals surface area contributed by atoms with Crippen molar-refractivity contribution in [3.05, 3.63) is 143 Å². The molecule has 164 valence electrons. The fourth-order valence-corrected chi connectivity index (χ4v) is 4.00. The fourth-order valence-electron chi connectivity index (χ4n) is 4.00. The van der Waals surface area contributed by atoms with Crippen LogP contribution in [0.25, 0.3) is 0 Å². The molecule has 4 aromatic rings. The van der Waals surface area contributed by atoms with Gasteiger partial charge in [0.2, 0.25) is 5.91 Å². The van der Waals surface area contributed by atoms with Crippen LogP contribution in [0.1, 0.15) is 44.6 Å². The van der Waals surface area contributed by atoms with Crippen molar-refractivity contribution >= 4 is 11.9 Å². The predicted molar refractivity (Wildman–Crippen MR) is 129 cm³/mol. The van der Waals surface area contributed by atoms with Gasteiger partial charge in [0.05, 0.1) is 17.5 Å².